The zero-order chi connectivity index (χ0) is 12.3. The van der Waals surface area contributed by atoms with Gasteiger partial charge in [0.15, 0.2) is 0 Å². The molecule has 0 aliphatic rings. The average molecular weight is 248 g/mol. The number of nitrogens with zero attached hydrogens (tertiary/aromatic N) is 1. The van der Waals surface area contributed by atoms with Crippen molar-refractivity contribution in [1.29, 1.82) is 5.26 Å². The van der Waals surface area contributed by atoms with Gasteiger partial charge in [0, 0.05) is 5.02 Å². The Kier molecular flexibility index (Phi) is 3.55. The van der Waals surface area contributed by atoms with Crippen LogP contribution in [0.4, 0.5) is 13.2 Å². The highest BCUT2D eigenvalue weighted by Crippen LogP contribution is 2.30. The summed E-state index contributed by atoms with van der Waals surface area (Å²) in [5.74, 6) is -4.02. The van der Waals surface area contributed by atoms with E-state index in [9.17, 15) is 18.0 Å². The van der Waals surface area contributed by atoms with Crippen LogP contribution in [0.25, 0.3) is 0 Å². The van der Waals surface area contributed by atoms with Gasteiger partial charge in [0.25, 0.3) is 5.78 Å². The summed E-state index contributed by atoms with van der Waals surface area (Å²) in [5.41, 5.74) is -0.131. The second-order valence-corrected chi connectivity index (χ2v) is 3.35. The van der Waals surface area contributed by atoms with Gasteiger partial charge in [-0.05, 0) is 11.6 Å². The molecular weight excluding hydrogens is 243 g/mol. The summed E-state index contributed by atoms with van der Waals surface area (Å²) in [6.45, 7) is 0. The van der Waals surface area contributed by atoms with Gasteiger partial charge in [-0.15, -0.1) is 0 Å². The Bertz CT molecular complexity index is 450. The summed E-state index contributed by atoms with van der Waals surface area (Å²) in [6.07, 6.45) is -5.04. The number of hydrogen-bond donors (Lipinski definition) is 0. The lowest BCUT2D eigenvalue weighted by molar-refractivity contribution is -0.171. The van der Waals surface area contributed by atoms with Gasteiger partial charge in [0.2, 0.25) is 0 Å². The average Bonchev–Trinajstić information content (AvgIpc) is 2.20. The number of hydrogen-bond acceptors (Lipinski definition) is 2. The van der Waals surface area contributed by atoms with E-state index in [-0.39, 0.29) is 10.6 Å². The molecule has 0 heterocycles. The molecule has 0 spiro atoms. The molecule has 1 rings (SSSR count). The van der Waals surface area contributed by atoms with E-state index in [0.717, 1.165) is 0 Å². The number of alkyl halides is 3. The lowest BCUT2D eigenvalue weighted by atomic mass is 9.96. The number of halogens is 4. The molecule has 0 aliphatic carbocycles. The zero-order valence-corrected chi connectivity index (χ0v) is 8.51. The van der Waals surface area contributed by atoms with E-state index in [4.69, 9.17) is 16.9 Å². The standard InChI is InChI=1S/C10H5ClF3NO/c11-8-4-2-1-3-6(8)7(5-15)9(16)10(12,13)14/h1-4,7H. The van der Waals surface area contributed by atoms with Crippen LogP contribution >= 0.6 is 11.6 Å². The van der Waals surface area contributed by atoms with Gasteiger partial charge in [0.1, 0.15) is 5.92 Å². The van der Waals surface area contributed by atoms with Gasteiger partial charge in [-0.1, -0.05) is 29.8 Å². The number of carbonyl (C=O) groups is 1. The minimum Gasteiger partial charge on any atom is -0.288 e. The van der Waals surface area contributed by atoms with Crippen LogP contribution in [0.2, 0.25) is 5.02 Å². The number of benzene rings is 1. The van der Waals surface area contributed by atoms with Gasteiger partial charge < -0.3 is 0 Å². The second-order valence-electron chi connectivity index (χ2n) is 2.95. The molecule has 1 atom stereocenters. The van der Waals surface area contributed by atoms with E-state index in [1.54, 1.807) is 0 Å². The molecular formula is C10H5ClF3NO. The zero-order valence-electron chi connectivity index (χ0n) is 7.75. The highest BCUT2D eigenvalue weighted by atomic mass is 35.5. The highest BCUT2D eigenvalue weighted by molar-refractivity contribution is 6.31. The smallest absolute Gasteiger partial charge is 0.288 e. The molecule has 0 aliphatic heterocycles. The van der Waals surface area contributed by atoms with Crippen molar-refractivity contribution in [2.45, 2.75) is 12.1 Å². The molecule has 6 heteroatoms. The Morgan fingerprint density at radius 2 is 1.94 bits per heavy atom. The van der Waals surface area contributed by atoms with Crippen molar-refractivity contribution in [2.24, 2.45) is 0 Å². The largest absolute Gasteiger partial charge is 0.451 e. The molecule has 84 valence electrons. The van der Waals surface area contributed by atoms with Crippen LogP contribution < -0.4 is 0 Å². The van der Waals surface area contributed by atoms with Gasteiger partial charge in [0.05, 0.1) is 6.07 Å². The minimum atomic E-state index is -5.04. The predicted molar refractivity (Wildman–Crippen MR) is 50.9 cm³/mol. The van der Waals surface area contributed by atoms with Gasteiger partial charge in [-0.25, -0.2) is 0 Å². The SMILES string of the molecule is N#CC(C(=O)C(F)(F)F)c1ccccc1Cl. The molecule has 16 heavy (non-hydrogen) atoms. The van der Waals surface area contributed by atoms with Crippen LogP contribution in [0.3, 0.4) is 0 Å². The normalized spacial score (nSPS) is 12.9. The molecule has 0 saturated carbocycles. The molecule has 1 aromatic carbocycles. The first-order valence-corrected chi connectivity index (χ1v) is 4.51. The van der Waals surface area contributed by atoms with E-state index in [1.165, 1.54) is 30.3 Å². The monoisotopic (exact) mass is 247 g/mol. The van der Waals surface area contributed by atoms with Crippen molar-refractivity contribution in [3.63, 3.8) is 0 Å². The first-order valence-electron chi connectivity index (χ1n) is 4.13. The fraction of sp³-hybridized carbons (Fsp3) is 0.200. The Balaban J connectivity index is 3.16. The third kappa shape index (κ3) is 2.52. The van der Waals surface area contributed by atoms with E-state index < -0.39 is 17.9 Å². The molecule has 1 aromatic rings. The maximum Gasteiger partial charge on any atom is 0.451 e. The highest BCUT2D eigenvalue weighted by Gasteiger charge is 2.44. The summed E-state index contributed by atoms with van der Waals surface area (Å²) in [6, 6.07) is 6.77. The summed E-state index contributed by atoms with van der Waals surface area (Å²) < 4.78 is 36.5. The van der Waals surface area contributed by atoms with Crippen molar-refractivity contribution in [1.82, 2.24) is 0 Å². The number of nitriles is 1. The molecule has 0 bridgehead atoms. The van der Waals surface area contributed by atoms with E-state index in [1.807, 2.05) is 0 Å². The van der Waals surface area contributed by atoms with E-state index in [2.05, 4.69) is 0 Å². The summed E-state index contributed by atoms with van der Waals surface area (Å²) in [4.78, 5) is 10.9. The summed E-state index contributed by atoms with van der Waals surface area (Å²) >= 11 is 5.62. The molecule has 0 fully saturated rings. The van der Waals surface area contributed by atoms with Crippen LogP contribution in [-0.4, -0.2) is 12.0 Å². The molecule has 0 aromatic heterocycles. The second kappa shape index (κ2) is 4.54. The van der Waals surface area contributed by atoms with Gasteiger partial charge in [-0.2, -0.15) is 18.4 Å². The Morgan fingerprint density at radius 3 is 2.38 bits per heavy atom. The maximum atomic E-state index is 12.2. The van der Waals surface area contributed by atoms with Crippen molar-refractivity contribution < 1.29 is 18.0 Å². The first-order chi connectivity index (χ1) is 7.38. The predicted octanol–water partition coefficient (Wildman–Crippen LogP) is 3.08. The lowest BCUT2D eigenvalue weighted by Crippen LogP contribution is -2.28. The Morgan fingerprint density at radius 1 is 1.38 bits per heavy atom. The number of rotatable bonds is 2. The van der Waals surface area contributed by atoms with Crippen LogP contribution in [0, 0.1) is 11.3 Å². The van der Waals surface area contributed by atoms with E-state index in [0.29, 0.717) is 0 Å². The number of Topliss-reactive ketones (excluding diaryl/α,β-unsaturated/α-hetero) is 1. The van der Waals surface area contributed by atoms with Crippen molar-refractivity contribution >= 4 is 17.4 Å². The Labute approximate surface area is 94.2 Å². The van der Waals surface area contributed by atoms with Crippen LogP contribution in [0.1, 0.15) is 11.5 Å². The van der Waals surface area contributed by atoms with Crippen LogP contribution in [-0.2, 0) is 4.79 Å². The molecule has 0 amide bonds. The Hall–Kier alpha value is -1.54. The van der Waals surface area contributed by atoms with E-state index >= 15 is 0 Å². The molecule has 0 saturated heterocycles. The summed E-state index contributed by atoms with van der Waals surface area (Å²) in [5, 5.41) is 8.57. The topological polar surface area (TPSA) is 40.9 Å². The van der Waals surface area contributed by atoms with Crippen LogP contribution in [0.15, 0.2) is 24.3 Å². The van der Waals surface area contributed by atoms with Crippen LogP contribution in [0.5, 0.6) is 0 Å². The van der Waals surface area contributed by atoms with Crippen molar-refractivity contribution in [2.75, 3.05) is 0 Å². The summed E-state index contributed by atoms with van der Waals surface area (Å²) in [7, 11) is 0. The molecule has 2 nitrogen and oxygen atoms in total. The first kappa shape index (κ1) is 12.5. The third-order valence-electron chi connectivity index (χ3n) is 1.89. The minimum absolute atomic E-state index is 0.0355. The van der Waals surface area contributed by atoms with Crippen molar-refractivity contribution in [3.05, 3.63) is 34.9 Å². The third-order valence-corrected chi connectivity index (χ3v) is 2.23. The quantitative estimate of drug-likeness (QED) is 0.806. The maximum absolute atomic E-state index is 12.2. The lowest BCUT2D eigenvalue weighted by Gasteiger charge is -2.11. The fourth-order valence-corrected chi connectivity index (χ4v) is 1.39. The van der Waals surface area contributed by atoms with Gasteiger partial charge in [-0.3, -0.25) is 4.79 Å². The molecule has 1 unspecified atom stereocenters. The molecule has 0 N–H and O–H groups in total. The fourth-order valence-electron chi connectivity index (χ4n) is 1.14. The number of carbonyl (C=O) groups excluding carboxylic acids is 1. The molecule has 0 radical (unpaired) electrons. The van der Waals surface area contributed by atoms with Gasteiger partial charge >= 0.3 is 6.18 Å². The van der Waals surface area contributed by atoms with Crippen molar-refractivity contribution in [3.8, 4) is 6.07 Å². The number of ketones is 1.